The van der Waals surface area contributed by atoms with Crippen LogP contribution in [0.3, 0.4) is 0 Å². The Morgan fingerprint density at radius 3 is 2.61 bits per heavy atom. The highest BCUT2D eigenvalue weighted by molar-refractivity contribution is 5.96. The summed E-state index contributed by atoms with van der Waals surface area (Å²) >= 11 is 0. The van der Waals surface area contributed by atoms with Crippen LogP contribution in [0.4, 0.5) is 13.2 Å². The number of carbonyl (C=O) groups is 4. The van der Waals surface area contributed by atoms with E-state index in [1.807, 2.05) is 6.07 Å². The Kier molecular flexibility index (Phi) is 5.35. The average molecular weight is 470 g/mol. The molecular weight excluding hydrogens is 445 g/mol. The van der Waals surface area contributed by atoms with Gasteiger partial charge in [0.1, 0.15) is 18.1 Å². The third-order valence-electron chi connectivity index (χ3n) is 7.06. The van der Waals surface area contributed by atoms with Crippen LogP contribution < -0.4 is 21.3 Å². The van der Waals surface area contributed by atoms with Gasteiger partial charge in [0.15, 0.2) is 0 Å². The summed E-state index contributed by atoms with van der Waals surface area (Å²) in [6.45, 7) is 3.55. The normalized spacial score (nSPS) is 35.1. The first-order chi connectivity index (χ1) is 15.3. The van der Waals surface area contributed by atoms with Crippen molar-refractivity contribution in [1.82, 2.24) is 26.2 Å². The van der Waals surface area contributed by atoms with Gasteiger partial charge in [-0.3, -0.25) is 24.5 Å². The number of piperidine rings is 1. The molecule has 33 heavy (non-hydrogen) atoms. The van der Waals surface area contributed by atoms with Crippen LogP contribution >= 0.6 is 0 Å². The Labute approximate surface area is 187 Å². The summed E-state index contributed by atoms with van der Waals surface area (Å²) < 4.78 is 38.5. The number of hydrogen-bond acceptors (Lipinski definition) is 6. The fraction of sp³-hybridized carbons (Fsp3) is 0.750. The lowest BCUT2D eigenvalue weighted by Crippen LogP contribution is -2.77. The molecule has 3 saturated heterocycles. The minimum atomic E-state index is -5.16. The van der Waals surface area contributed by atoms with Crippen molar-refractivity contribution < 1.29 is 32.3 Å². The number of halogens is 3. The Bertz CT molecular complexity index is 947. The molecule has 1 spiro atoms. The quantitative estimate of drug-likeness (QED) is 0.417. The van der Waals surface area contributed by atoms with Crippen molar-refractivity contribution in [2.45, 2.75) is 75.0 Å². The van der Waals surface area contributed by atoms with Gasteiger partial charge < -0.3 is 20.9 Å². The molecule has 4 fully saturated rings. The van der Waals surface area contributed by atoms with Crippen molar-refractivity contribution in [3.8, 4) is 6.07 Å². The molecule has 3 aliphatic heterocycles. The molecule has 4 N–H and O–H groups in total. The lowest BCUT2D eigenvalue weighted by Gasteiger charge is -2.49. The van der Waals surface area contributed by atoms with Crippen LogP contribution in [0.1, 0.15) is 39.5 Å². The predicted octanol–water partition coefficient (Wildman–Crippen LogP) is -0.733. The molecule has 10 nitrogen and oxygen atoms in total. The molecule has 0 aromatic carbocycles. The zero-order chi connectivity index (χ0) is 24.3. The number of nitriles is 1. The van der Waals surface area contributed by atoms with E-state index in [-0.39, 0.29) is 24.7 Å². The molecule has 6 atom stereocenters. The second-order valence-corrected chi connectivity index (χ2v) is 9.74. The largest absolute Gasteiger partial charge is 0.471 e. The van der Waals surface area contributed by atoms with Gasteiger partial charge in [-0.1, -0.05) is 0 Å². The Hall–Kier alpha value is -2.88. The van der Waals surface area contributed by atoms with E-state index >= 15 is 0 Å². The van der Waals surface area contributed by atoms with Gasteiger partial charge in [0.2, 0.25) is 17.7 Å². The van der Waals surface area contributed by atoms with Gasteiger partial charge in [-0.2, -0.15) is 18.4 Å². The number of alkyl halides is 3. The molecule has 180 valence electrons. The minimum absolute atomic E-state index is 0.0723. The second kappa shape index (κ2) is 7.58. The van der Waals surface area contributed by atoms with Gasteiger partial charge in [0.05, 0.1) is 11.7 Å². The average Bonchev–Trinajstić information content (AvgIpc) is 3.04. The van der Waals surface area contributed by atoms with Crippen molar-refractivity contribution >= 4 is 23.6 Å². The van der Waals surface area contributed by atoms with E-state index in [4.69, 9.17) is 0 Å². The molecule has 1 aliphatic carbocycles. The first-order valence-electron chi connectivity index (χ1n) is 10.8. The molecule has 0 aromatic heterocycles. The van der Waals surface area contributed by atoms with Crippen molar-refractivity contribution in [1.29, 1.82) is 5.26 Å². The van der Waals surface area contributed by atoms with Crippen molar-refractivity contribution in [3.63, 3.8) is 0 Å². The van der Waals surface area contributed by atoms with Gasteiger partial charge in [-0.05, 0) is 39.5 Å². The van der Waals surface area contributed by atoms with Crippen LogP contribution in [-0.4, -0.2) is 70.6 Å². The van der Waals surface area contributed by atoms with Crippen molar-refractivity contribution in [2.75, 3.05) is 6.54 Å². The maximum Gasteiger partial charge on any atom is 0.471 e. The van der Waals surface area contributed by atoms with Crippen LogP contribution in [0.2, 0.25) is 0 Å². The molecule has 13 heteroatoms. The lowest BCUT2D eigenvalue weighted by atomic mass is 9.88. The molecule has 0 aromatic rings. The Balaban J connectivity index is 1.50. The maximum atomic E-state index is 13.3. The highest BCUT2D eigenvalue weighted by Crippen LogP contribution is 2.59. The summed E-state index contributed by atoms with van der Waals surface area (Å²) in [4.78, 5) is 50.9. The molecule has 4 aliphatic rings. The minimum Gasteiger partial charge on any atom is -0.356 e. The molecule has 3 heterocycles. The van der Waals surface area contributed by atoms with E-state index in [2.05, 4.69) is 16.0 Å². The standard InChI is InChI=1S/C20H25F3N6O4/c1-18(2)13(27-17(33)20(21,22)23)16(32)29-12(6-10-7-19(10,29)28-18)15(31)26-11(8-24)5-9-3-4-25-14(9)30/h9-13,28H,3-7H2,1-2H3,(H,25,30)(H,26,31)(H,27,33)/t9?,10-,11-,12-,13+,19+/m0/s1. The van der Waals surface area contributed by atoms with Crippen molar-refractivity contribution in [2.24, 2.45) is 11.8 Å². The van der Waals surface area contributed by atoms with E-state index in [1.54, 1.807) is 5.32 Å². The maximum absolute atomic E-state index is 13.3. The molecule has 0 bridgehead atoms. The number of amides is 4. The summed E-state index contributed by atoms with van der Waals surface area (Å²) in [5.41, 5.74) is -2.05. The summed E-state index contributed by atoms with van der Waals surface area (Å²) in [5, 5.41) is 19.6. The van der Waals surface area contributed by atoms with Crippen LogP contribution in [0.25, 0.3) is 0 Å². The van der Waals surface area contributed by atoms with Gasteiger partial charge in [-0.25, -0.2) is 0 Å². The summed E-state index contributed by atoms with van der Waals surface area (Å²) in [7, 11) is 0. The third-order valence-corrected chi connectivity index (χ3v) is 7.06. The zero-order valence-corrected chi connectivity index (χ0v) is 18.1. The Morgan fingerprint density at radius 1 is 1.33 bits per heavy atom. The summed E-state index contributed by atoms with van der Waals surface area (Å²) in [6, 6.07) is -1.54. The molecule has 1 saturated carbocycles. The molecule has 4 rings (SSSR count). The molecular formula is C20H25F3N6O4. The zero-order valence-electron chi connectivity index (χ0n) is 18.1. The topological polar surface area (TPSA) is 143 Å². The van der Waals surface area contributed by atoms with Gasteiger partial charge in [0.25, 0.3) is 0 Å². The first kappa shape index (κ1) is 23.3. The van der Waals surface area contributed by atoms with Crippen molar-refractivity contribution in [3.05, 3.63) is 0 Å². The highest BCUT2D eigenvalue weighted by atomic mass is 19.4. The van der Waals surface area contributed by atoms with Crippen LogP contribution in [0.5, 0.6) is 0 Å². The highest BCUT2D eigenvalue weighted by Gasteiger charge is 2.73. The van der Waals surface area contributed by atoms with E-state index in [0.29, 0.717) is 19.4 Å². The third kappa shape index (κ3) is 3.90. The van der Waals surface area contributed by atoms with Gasteiger partial charge in [0, 0.05) is 23.9 Å². The lowest BCUT2D eigenvalue weighted by molar-refractivity contribution is -0.177. The molecule has 1 unspecified atom stereocenters. The Morgan fingerprint density at radius 2 is 2.03 bits per heavy atom. The molecule has 4 amide bonds. The number of carbonyl (C=O) groups excluding carboxylic acids is 4. The number of nitrogens with zero attached hydrogens (tertiary/aromatic N) is 2. The predicted molar refractivity (Wildman–Crippen MR) is 105 cm³/mol. The fourth-order valence-corrected chi connectivity index (χ4v) is 5.43. The molecule has 0 radical (unpaired) electrons. The van der Waals surface area contributed by atoms with E-state index in [1.165, 1.54) is 18.7 Å². The fourth-order valence-electron chi connectivity index (χ4n) is 5.43. The van der Waals surface area contributed by atoms with E-state index in [9.17, 15) is 37.6 Å². The second-order valence-electron chi connectivity index (χ2n) is 9.74. The number of rotatable bonds is 5. The van der Waals surface area contributed by atoms with E-state index in [0.717, 1.165) is 0 Å². The SMILES string of the molecule is CC1(C)N[C@@]23C[C@@H]2C[C@@H](C(=O)N[C@H](C#N)CC2CCNC2=O)N3C(=O)[C@H]1NC(=O)C(F)(F)F. The number of hydrogen-bond donors (Lipinski definition) is 4. The van der Waals surface area contributed by atoms with Crippen LogP contribution in [0, 0.1) is 23.2 Å². The van der Waals surface area contributed by atoms with Crippen LogP contribution in [-0.2, 0) is 19.2 Å². The number of nitrogens with one attached hydrogen (secondary N) is 4. The summed E-state index contributed by atoms with van der Waals surface area (Å²) in [6.07, 6.45) is -3.68. The van der Waals surface area contributed by atoms with Gasteiger partial charge >= 0.3 is 12.1 Å². The monoisotopic (exact) mass is 470 g/mol. The van der Waals surface area contributed by atoms with Gasteiger partial charge in [-0.15, -0.1) is 0 Å². The summed E-state index contributed by atoms with van der Waals surface area (Å²) in [5.74, 6) is -4.29. The first-order valence-corrected chi connectivity index (χ1v) is 10.8. The van der Waals surface area contributed by atoms with Crippen LogP contribution in [0.15, 0.2) is 0 Å². The smallest absolute Gasteiger partial charge is 0.356 e. The van der Waals surface area contributed by atoms with E-state index < -0.39 is 59.1 Å².